The first kappa shape index (κ1) is 22.5. The number of hydrogen-bond acceptors (Lipinski definition) is 5. The number of primary amides is 1. The minimum absolute atomic E-state index is 0.231. The van der Waals surface area contributed by atoms with Gasteiger partial charge in [0.05, 0.1) is 11.6 Å². The van der Waals surface area contributed by atoms with Gasteiger partial charge in [0.15, 0.2) is 0 Å². The Balaban J connectivity index is 2.12. The van der Waals surface area contributed by atoms with Gasteiger partial charge in [0.2, 0.25) is 5.91 Å². The van der Waals surface area contributed by atoms with Crippen LogP contribution in [0.1, 0.15) is 39.0 Å². The molecule has 7 nitrogen and oxygen atoms in total. The highest BCUT2D eigenvalue weighted by atomic mass is 16.5. The summed E-state index contributed by atoms with van der Waals surface area (Å²) >= 11 is 0. The van der Waals surface area contributed by atoms with Crippen LogP contribution in [0.15, 0.2) is 48.7 Å². The Kier molecular flexibility index (Phi) is 8.00. The zero-order valence-corrected chi connectivity index (χ0v) is 17.2. The van der Waals surface area contributed by atoms with Gasteiger partial charge in [-0.1, -0.05) is 24.3 Å². The summed E-state index contributed by atoms with van der Waals surface area (Å²) in [5, 5.41) is 14.9. The molecule has 0 aliphatic rings. The van der Waals surface area contributed by atoms with E-state index < -0.39 is 0 Å². The van der Waals surface area contributed by atoms with Gasteiger partial charge in [0, 0.05) is 36.8 Å². The highest BCUT2D eigenvalue weighted by Crippen LogP contribution is 2.21. The second kappa shape index (κ2) is 10.7. The van der Waals surface area contributed by atoms with Gasteiger partial charge in [-0.15, -0.1) is 0 Å². The van der Waals surface area contributed by atoms with Gasteiger partial charge in [-0.05, 0) is 43.2 Å². The lowest BCUT2D eigenvalue weighted by Gasteiger charge is -2.14. The predicted octanol–water partition coefficient (Wildman–Crippen LogP) is 2.33. The van der Waals surface area contributed by atoms with Crippen molar-refractivity contribution >= 4 is 11.8 Å². The molecule has 0 atom stereocenters. The predicted molar refractivity (Wildman–Crippen MR) is 115 cm³/mol. The Bertz CT molecular complexity index is 992. The molecular formula is C23H26N4O3. The van der Waals surface area contributed by atoms with Gasteiger partial charge >= 0.3 is 0 Å². The van der Waals surface area contributed by atoms with Crippen molar-refractivity contribution in [3.05, 3.63) is 76.5 Å². The first-order valence-electron chi connectivity index (χ1n) is 9.50. The number of hydrogen-bond donors (Lipinski definition) is 3. The molecule has 0 fully saturated rings. The standard InChI is InChI=1S/C23H26N4O3/c1-15-8-17(5-7-22(25)28)10-20(9-15)23(29)27-13-19-6-4-18(12-24)11-21(19)30-14-16(2)26-3/h4,6,8-11,26H,2,5,7,13-14H2,1,3H3,(H2,25,28)(H,27,29). The first-order chi connectivity index (χ1) is 14.3. The zero-order valence-electron chi connectivity index (χ0n) is 17.2. The molecule has 7 heteroatoms. The monoisotopic (exact) mass is 406 g/mol. The van der Waals surface area contributed by atoms with E-state index in [0.717, 1.165) is 16.7 Å². The zero-order chi connectivity index (χ0) is 22.1. The van der Waals surface area contributed by atoms with Gasteiger partial charge in [-0.3, -0.25) is 9.59 Å². The van der Waals surface area contributed by atoms with E-state index in [2.05, 4.69) is 23.3 Å². The number of aryl methyl sites for hydroxylation is 2. The number of carbonyl (C=O) groups excluding carboxylic acids is 2. The summed E-state index contributed by atoms with van der Waals surface area (Å²) in [7, 11) is 1.75. The van der Waals surface area contributed by atoms with E-state index in [4.69, 9.17) is 15.7 Å². The number of likely N-dealkylation sites (N-methyl/N-ethyl adjacent to an activating group) is 1. The molecule has 0 spiro atoms. The molecule has 0 aliphatic carbocycles. The number of rotatable bonds is 10. The molecule has 0 radical (unpaired) electrons. The maximum atomic E-state index is 12.7. The second-order valence-electron chi connectivity index (χ2n) is 6.93. The van der Waals surface area contributed by atoms with E-state index in [-0.39, 0.29) is 31.4 Å². The summed E-state index contributed by atoms with van der Waals surface area (Å²) in [5.74, 6) is -0.108. The van der Waals surface area contributed by atoms with Crippen molar-refractivity contribution < 1.29 is 14.3 Å². The SMILES string of the molecule is C=C(COc1cc(C#N)ccc1CNC(=O)c1cc(C)cc(CCC(N)=O)c1)NC. The number of benzene rings is 2. The number of nitrogens with zero attached hydrogens (tertiary/aromatic N) is 1. The minimum Gasteiger partial charge on any atom is -0.487 e. The third-order valence-corrected chi connectivity index (χ3v) is 4.45. The van der Waals surface area contributed by atoms with Crippen LogP contribution in [0.2, 0.25) is 0 Å². The van der Waals surface area contributed by atoms with Crippen molar-refractivity contribution in [2.75, 3.05) is 13.7 Å². The fraction of sp³-hybridized carbons (Fsp3) is 0.261. The molecule has 156 valence electrons. The van der Waals surface area contributed by atoms with Crippen molar-refractivity contribution in [3.8, 4) is 11.8 Å². The van der Waals surface area contributed by atoms with Crippen molar-refractivity contribution in [2.24, 2.45) is 5.73 Å². The lowest BCUT2D eigenvalue weighted by Crippen LogP contribution is -2.23. The molecule has 0 aliphatic heterocycles. The topological polar surface area (TPSA) is 117 Å². The molecule has 0 bridgehead atoms. The molecule has 0 unspecified atom stereocenters. The largest absolute Gasteiger partial charge is 0.487 e. The van der Waals surface area contributed by atoms with Crippen LogP contribution in [0.25, 0.3) is 0 Å². The van der Waals surface area contributed by atoms with Crippen LogP contribution < -0.4 is 21.1 Å². The van der Waals surface area contributed by atoms with Crippen LogP contribution in [0.3, 0.4) is 0 Å². The van der Waals surface area contributed by atoms with E-state index in [1.54, 1.807) is 37.4 Å². The average Bonchev–Trinajstić information content (AvgIpc) is 2.74. The third-order valence-electron chi connectivity index (χ3n) is 4.45. The van der Waals surface area contributed by atoms with E-state index >= 15 is 0 Å². The summed E-state index contributed by atoms with van der Waals surface area (Å²) in [5.41, 5.74) is 9.43. The van der Waals surface area contributed by atoms with Crippen molar-refractivity contribution in [3.63, 3.8) is 0 Å². The maximum absolute atomic E-state index is 12.7. The smallest absolute Gasteiger partial charge is 0.251 e. The highest BCUT2D eigenvalue weighted by molar-refractivity contribution is 5.94. The lowest BCUT2D eigenvalue weighted by atomic mass is 10.0. The number of carbonyl (C=O) groups is 2. The normalized spacial score (nSPS) is 10.0. The molecule has 0 saturated carbocycles. The van der Waals surface area contributed by atoms with E-state index in [0.29, 0.717) is 29.0 Å². The molecular weight excluding hydrogens is 380 g/mol. The van der Waals surface area contributed by atoms with Crippen LogP contribution in [0.5, 0.6) is 5.75 Å². The van der Waals surface area contributed by atoms with E-state index in [1.165, 1.54) is 0 Å². The molecule has 2 amide bonds. The van der Waals surface area contributed by atoms with Crippen molar-refractivity contribution in [1.29, 1.82) is 5.26 Å². The fourth-order valence-corrected chi connectivity index (χ4v) is 2.82. The number of nitriles is 1. The quantitative estimate of drug-likeness (QED) is 0.560. The van der Waals surface area contributed by atoms with Crippen molar-refractivity contribution in [1.82, 2.24) is 10.6 Å². The Morgan fingerprint density at radius 1 is 1.23 bits per heavy atom. The summed E-state index contributed by atoms with van der Waals surface area (Å²) in [6.45, 7) is 6.19. The van der Waals surface area contributed by atoms with Crippen molar-refractivity contribution in [2.45, 2.75) is 26.3 Å². The van der Waals surface area contributed by atoms with E-state index in [1.807, 2.05) is 13.0 Å². The Morgan fingerprint density at radius 2 is 2.00 bits per heavy atom. The molecule has 0 saturated heterocycles. The molecule has 2 aromatic carbocycles. The van der Waals surface area contributed by atoms with Crippen LogP contribution >= 0.6 is 0 Å². The minimum atomic E-state index is -0.378. The summed E-state index contributed by atoms with van der Waals surface area (Å²) in [6.07, 6.45) is 0.717. The number of ether oxygens (including phenoxy) is 1. The van der Waals surface area contributed by atoms with Crippen LogP contribution in [0, 0.1) is 18.3 Å². The molecule has 4 N–H and O–H groups in total. The summed E-state index contributed by atoms with van der Waals surface area (Å²) in [4.78, 5) is 23.7. The molecule has 0 aromatic heterocycles. The van der Waals surface area contributed by atoms with Gasteiger partial charge < -0.3 is 21.1 Å². The summed E-state index contributed by atoms with van der Waals surface area (Å²) in [6, 6.07) is 12.6. The maximum Gasteiger partial charge on any atom is 0.251 e. The van der Waals surface area contributed by atoms with E-state index in [9.17, 15) is 9.59 Å². The Hall–Kier alpha value is -3.79. The van der Waals surface area contributed by atoms with Crippen LogP contribution in [0.4, 0.5) is 0 Å². The average molecular weight is 406 g/mol. The van der Waals surface area contributed by atoms with Gasteiger partial charge in [0.25, 0.3) is 5.91 Å². The number of amides is 2. The van der Waals surface area contributed by atoms with Gasteiger partial charge in [-0.2, -0.15) is 5.26 Å². The number of nitrogens with one attached hydrogen (secondary N) is 2. The van der Waals surface area contributed by atoms with Crippen LogP contribution in [-0.4, -0.2) is 25.5 Å². The third kappa shape index (κ3) is 6.67. The van der Waals surface area contributed by atoms with Gasteiger partial charge in [-0.25, -0.2) is 0 Å². The molecule has 30 heavy (non-hydrogen) atoms. The summed E-state index contributed by atoms with van der Waals surface area (Å²) < 4.78 is 5.75. The first-order valence-corrected chi connectivity index (χ1v) is 9.50. The molecule has 0 heterocycles. The van der Waals surface area contributed by atoms with Gasteiger partial charge in [0.1, 0.15) is 12.4 Å². The number of nitrogens with two attached hydrogens (primary N) is 1. The van der Waals surface area contributed by atoms with Crippen LogP contribution in [-0.2, 0) is 17.8 Å². The second-order valence-corrected chi connectivity index (χ2v) is 6.93. The molecule has 2 aromatic rings. The lowest BCUT2D eigenvalue weighted by molar-refractivity contribution is -0.117. The Morgan fingerprint density at radius 3 is 2.67 bits per heavy atom. The Labute approximate surface area is 176 Å². The highest BCUT2D eigenvalue weighted by Gasteiger charge is 2.11. The fourth-order valence-electron chi connectivity index (χ4n) is 2.82. The molecule has 2 rings (SSSR count).